The van der Waals surface area contributed by atoms with E-state index in [0.29, 0.717) is 12.8 Å². The third-order valence-electron chi connectivity index (χ3n) is 6.50. The minimum Gasteiger partial charge on any atom is -0.480 e. The van der Waals surface area contributed by atoms with Crippen molar-refractivity contribution in [1.82, 2.24) is 10.6 Å². The van der Waals surface area contributed by atoms with E-state index in [9.17, 15) is 19.5 Å². The summed E-state index contributed by atoms with van der Waals surface area (Å²) in [5.74, 6) is -1.83. The fourth-order valence-electron chi connectivity index (χ4n) is 4.39. The molecule has 7 heteroatoms. The van der Waals surface area contributed by atoms with Gasteiger partial charge >= 0.3 is 5.97 Å². The second-order valence-corrected chi connectivity index (χ2v) is 10.2. The maximum atomic E-state index is 13.3. The van der Waals surface area contributed by atoms with Crippen molar-refractivity contribution >= 4 is 30.4 Å². The lowest BCUT2D eigenvalue weighted by Crippen LogP contribution is -2.61. The number of carboxylic acids is 1. The van der Waals surface area contributed by atoms with Gasteiger partial charge in [-0.3, -0.25) is 9.59 Å². The average molecular weight is 483 g/mol. The maximum Gasteiger partial charge on any atom is 0.326 e. The highest BCUT2D eigenvalue weighted by atomic mass is 32.1. The number of carboxylic acid groups (broad SMARTS) is 1. The number of rotatable bonds is 9. The number of carbonyl (C=O) groups excluding carboxylic acids is 2. The first-order chi connectivity index (χ1) is 16.1. The van der Waals surface area contributed by atoms with Gasteiger partial charge in [0.15, 0.2) is 0 Å². The molecular formula is C27H34N2O4S. The second-order valence-electron chi connectivity index (χ2n) is 9.60. The molecule has 2 atom stereocenters. The first kappa shape index (κ1) is 25.8. The number of aryl methyl sites for hydroxylation is 1. The van der Waals surface area contributed by atoms with Crippen LogP contribution in [0.5, 0.6) is 0 Å². The molecule has 2 aromatic rings. The van der Waals surface area contributed by atoms with Crippen molar-refractivity contribution in [3.05, 3.63) is 59.7 Å². The normalized spacial score (nSPS) is 16.6. The van der Waals surface area contributed by atoms with Gasteiger partial charge < -0.3 is 15.7 Å². The highest BCUT2D eigenvalue weighted by Crippen LogP contribution is 2.31. The topological polar surface area (TPSA) is 95.5 Å². The van der Waals surface area contributed by atoms with Gasteiger partial charge in [-0.15, -0.1) is 0 Å². The Balaban J connectivity index is 1.71. The van der Waals surface area contributed by atoms with Crippen LogP contribution in [-0.2, 0) is 20.8 Å². The van der Waals surface area contributed by atoms with Crippen LogP contribution in [0.15, 0.2) is 48.5 Å². The van der Waals surface area contributed by atoms with Crippen LogP contribution in [0.3, 0.4) is 0 Å². The molecule has 34 heavy (non-hydrogen) atoms. The summed E-state index contributed by atoms with van der Waals surface area (Å²) in [7, 11) is 0. The Bertz CT molecular complexity index is 1030. The molecule has 0 saturated heterocycles. The van der Waals surface area contributed by atoms with E-state index in [1.54, 1.807) is 0 Å². The van der Waals surface area contributed by atoms with Gasteiger partial charge in [0.25, 0.3) is 0 Å². The smallest absolute Gasteiger partial charge is 0.326 e. The van der Waals surface area contributed by atoms with Crippen molar-refractivity contribution < 1.29 is 19.5 Å². The van der Waals surface area contributed by atoms with Crippen LogP contribution in [-0.4, -0.2) is 39.7 Å². The summed E-state index contributed by atoms with van der Waals surface area (Å²) in [6.07, 6.45) is 2.72. The van der Waals surface area contributed by atoms with E-state index in [1.165, 1.54) is 5.56 Å². The van der Waals surface area contributed by atoms with E-state index < -0.39 is 28.7 Å². The molecule has 0 bridgehead atoms. The largest absolute Gasteiger partial charge is 0.480 e. The lowest BCUT2D eigenvalue weighted by atomic mass is 9.94. The number of benzene rings is 2. The standard InChI is InChI=1S/C27H34N2O4S/c1-17(2)23(34)24(30)29-27(13-4-5-14-27)26(33)28-22(25(31)32)16-19-9-11-20(12-10-19)21-8-6-7-18(3)15-21/h6-12,15,17,22-23,34H,4-5,13-14,16H2,1-3H3,(H,28,33)(H,29,30)(H,31,32)/t22?,23-/m0/s1. The zero-order chi connectivity index (χ0) is 24.9. The van der Waals surface area contributed by atoms with Crippen molar-refractivity contribution in [3.63, 3.8) is 0 Å². The maximum absolute atomic E-state index is 13.3. The molecule has 182 valence electrons. The van der Waals surface area contributed by atoms with Gasteiger partial charge in [0.05, 0.1) is 5.25 Å². The van der Waals surface area contributed by atoms with E-state index in [-0.39, 0.29) is 18.2 Å². The number of carbonyl (C=O) groups is 3. The molecule has 1 fully saturated rings. The Morgan fingerprint density at radius 1 is 1.03 bits per heavy atom. The van der Waals surface area contributed by atoms with Crippen molar-refractivity contribution in [2.45, 2.75) is 69.7 Å². The summed E-state index contributed by atoms with van der Waals surface area (Å²) in [6.45, 7) is 5.82. The Morgan fingerprint density at radius 3 is 2.24 bits per heavy atom. The van der Waals surface area contributed by atoms with Crippen LogP contribution >= 0.6 is 12.6 Å². The first-order valence-electron chi connectivity index (χ1n) is 11.8. The van der Waals surface area contributed by atoms with Gasteiger partial charge in [-0.25, -0.2) is 4.79 Å². The van der Waals surface area contributed by atoms with E-state index >= 15 is 0 Å². The molecule has 2 aromatic carbocycles. The summed E-state index contributed by atoms with van der Waals surface area (Å²) in [5, 5.41) is 14.9. The van der Waals surface area contributed by atoms with Gasteiger partial charge in [0.2, 0.25) is 11.8 Å². The number of amides is 2. The Hall–Kier alpha value is -2.80. The second kappa shape index (κ2) is 11.1. The van der Waals surface area contributed by atoms with Crippen LogP contribution < -0.4 is 10.6 Å². The third-order valence-corrected chi connectivity index (χ3v) is 7.33. The highest BCUT2D eigenvalue weighted by molar-refractivity contribution is 7.81. The average Bonchev–Trinajstić information content (AvgIpc) is 3.28. The number of aliphatic carboxylic acids is 1. The third kappa shape index (κ3) is 6.20. The first-order valence-corrected chi connectivity index (χ1v) is 12.3. The van der Waals surface area contributed by atoms with E-state index in [0.717, 1.165) is 29.5 Å². The zero-order valence-corrected chi connectivity index (χ0v) is 20.9. The minimum absolute atomic E-state index is 0.0133. The zero-order valence-electron chi connectivity index (χ0n) is 20.0. The summed E-state index contributed by atoms with van der Waals surface area (Å²) >= 11 is 4.37. The molecule has 0 aliphatic heterocycles. The van der Waals surface area contributed by atoms with Crippen LogP contribution in [0.1, 0.15) is 50.7 Å². The summed E-state index contributed by atoms with van der Waals surface area (Å²) in [6, 6.07) is 14.8. The minimum atomic E-state index is -1.11. The molecule has 1 saturated carbocycles. The number of nitrogens with one attached hydrogen (secondary N) is 2. The van der Waals surface area contributed by atoms with Crippen molar-refractivity contribution in [2.75, 3.05) is 0 Å². The van der Waals surface area contributed by atoms with Gasteiger partial charge in [-0.05, 0) is 42.4 Å². The Kier molecular flexibility index (Phi) is 8.42. The number of hydrogen-bond donors (Lipinski definition) is 4. The van der Waals surface area contributed by atoms with Crippen molar-refractivity contribution in [3.8, 4) is 11.1 Å². The van der Waals surface area contributed by atoms with Crippen LogP contribution in [0, 0.1) is 12.8 Å². The van der Waals surface area contributed by atoms with Crippen molar-refractivity contribution in [1.29, 1.82) is 0 Å². The Morgan fingerprint density at radius 2 is 1.68 bits per heavy atom. The molecule has 0 spiro atoms. The predicted molar refractivity (Wildman–Crippen MR) is 137 cm³/mol. The lowest BCUT2D eigenvalue weighted by molar-refractivity contribution is -0.143. The summed E-state index contributed by atoms with van der Waals surface area (Å²) in [4.78, 5) is 37.9. The molecule has 3 rings (SSSR count). The van der Waals surface area contributed by atoms with Crippen LogP contribution in [0.25, 0.3) is 11.1 Å². The molecule has 0 radical (unpaired) electrons. The molecule has 1 aliphatic carbocycles. The van der Waals surface area contributed by atoms with E-state index in [2.05, 4.69) is 29.3 Å². The van der Waals surface area contributed by atoms with Gasteiger partial charge in [-0.1, -0.05) is 80.8 Å². The lowest BCUT2D eigenvalue weighted by Gasteiger charge is -2.32. The van der Waals surface area contributed by atoms with Gasteiger partial charge in [-0.2, -0.15) is 12.6 Å². The fraction of sp³-hybridized carbons (Fsp3) is 0.444. The summed E-state index contributed by atoms with van der Waals surface area (Å²) < 4.78 is 0. The molecule has 2 amide bonds. The fourth-order valence-corrected chi connectivity index (χ4v) is 4.45. The SMILES string of the molecule is Cc1cccc(-c2ccc(CC(NC(=O)C3(NC(=O)[C@@H](S)C(C)C)CCCC3)C(=O)O)cc2)c1. The number of hydrogen-bond acceptors (Lipinski definition) is 4. The number of thiol groups is 1. The molecular weight excluding hydrogens is 448 g/mol. The molecule has 0 heterocycles. The molecule has 1 unspecified atom stereocenters. The quantitative estimate of drug-likeness (QED) is 0.404. The van der Waals surface area contributed by atoms with Crippen molar-refractivity contribution in [2.24, 2.45) is 5.92 Å². The van der Waals surface area contributed by atoms with Gasteiger partial charge in [0.1, 0.15) is 11.6 Å². The monoisotopic (exact) mass is 482 g/mol. The molecule has 6 nitrogen and oxygen atoms in total. The predicted octanol–water partition coefficient (Wildman–Crippen LogP) is 4.16. The van der Waals surface area contributed by atoms with Crippen LogP contribution in [0.2, 0.25) is 0 Å². The van der Waals surface area contributed by atoms with E-state index in [4.69, 9.17) is 0 Å². The molecule has 0 aromatic heterocycles. The highest BCUT2D eigenvalue weighted by Gasteiger charge is 2.44. The molecule has 1 aliphatic rings. The van der Waals surface area contributed by atoms with Gasteiger partial charge in [0, 0.05) is 6.42 Å². The summed E-state index contributed by atoms with van der Waals surface area (Å²) in [5.41, 5.74) is 3.03. The van der Waals surface area contributed by atoms with E-state index in [1.807, 2.05) is 63.2 Å². The van der Waals surface area contributed by atoms with Crippen LogP contribution in [0.4, 0.5) is 0 Å². The Labute approximate surface area is 206 Å². The molecule has 3 N–H and O–H groups in total.